The Bertz CT molecular complexity index is 942. The molecule has 6 aliphatic rings. The van der Waals surface area contributed by atoms with Crippen LogP contribution in [-0.2, 0) is 26.2 Å². The van der Waals surface area contributed by atoms with Gasteiger partial charge in [-0.25, -0.2) is 0 Å². The molecule has 0 aliphatic heterocycles. The molecule has 6 fully saturated rings. The van der Waals surface area contributed by atoms with Gasteiger partial charge in [-0.15, -0.1) is 0 Å². The molecule has 14 atom stereocenters. The molecule has 1 heteroatoms. The minimum Gasteiger partial charge on any atom is -0.358 e. The van der Waals surface area contributed by atoms with E-state index in [1.54, 1.807) is 70.1 Å². The molecule has 265 valence electrons. The first-order chi connectivity index (χ1) is 20.0. The van der Waals surface area contributed by atoms with E-state index < -0.39 is 0 Å². The van der Waals surface area contributed by atoms with Crippen LogP contribution in [-0.4, -0.2) is 0 Å². The Hall–Kier alpha value is 0.883. The molecule has 0 heterocycles. The van der Waals surface area contributed by atoms with Crippen molar-refractivity contribution in [2.24, 2.45) is 99.1 Å². The summed E-state index contributed by atoms with van der Waals surface area (Å²) < 4.78 is 0. The van der Waals surface area contributed by atoms with E-state index in [2.05, 4.69) is 76.2 Å². The molecule has 0 saturated heterocycles. The van der Waals surface area contributed by atoms with Crippen LogP contribution in [0.2, 0.25) is 0 Å². The van der Waals surface area contributed by atoms with Gasteiger partial charge in [0.15, 0.2) is 0 Å². The molecule has 1 radical (unpaired) electrons. The molecule has 0 spiro atoms. The van der Waals surface area contributed by atoms with Crippen LogP contribution in [0.3, 0.4) is 0 Å². The zero-order chi connectivity index (χ0) is 31.1. The Morgan fingerprint density at radius 3 is 1.48 bits per heavy atom. The smallest absolute Gasteiger partial charge is 0.358 e. The topological polar surface area (TPSA) is 0 Å². The van der Waals surface area contributed by atoms with Crippen molar-refractivity contribution in [2.75, 3.05) is 0 Å². The van der Waals surface area contributed by atoms with Gasteiger partial charge in [-0.05, 0) is 164 Å². The standard InChI is InChI=1S/C43H75.2CH3.Zr/c1-26(2)27-12-15-33-34-17-14-30(42(6,7)8)25-39(34)35(37(33)23-27)18-19-36-38-24-28-22-29(41(3,4)5)13-16-31(28)32(38)20-21-40(36)43(9,10)11;;;/h27-40H,12-25H2,1-11H3;2*1H3;/q3*-1;+3/t27-,28-,29-,30-,31-,32+,33?,34?,35?,36+,37?,38-,39?,40-;;;/m0.../s1. The molecule has 0 aromatic carbocycles. The second-order valence-corrected chi connectivity index (χ2v) is 21.4. The van der Waals surface area contributed by atoms with E-state index in [1.807, 2.05) is 0 Å². The van der Waals surface area contributed by atoms with Crippen molar-refractivity contribution in [3.05, 3.63) is 20.8 Å². The van der Waals surface area contributed by atoms with E-state index in [0.717, 1.165) is 82.9 Å². The Kier molecular flexibility index (Phi) is 13.7. The van der Waals surface area contributed by atoms with Crippen molar-refractivity contribution >= 4 is 0 Å². The Labute approximate surface area is 310 Å². The molecule has 0 N–H and O–H groups in total. The number of hydrogen-bond acceptors (Lipinski definition) is 0. The number of rotatable bonds is 4. The molecule has 0 aromatic heterocycles. The zero-order valence-electron chi connectivity index (χ0n) is 33.5. The van der Waals surface area contributed by atoms with Gasteiger partial charge in [-0.1, -0.05) is 81.6 Å². The summed E-state index contributed by atoms with van der Waals surface area (Å²) in [4.78, 5) is 0. The van der Waals surface area contributed by atoms with Gasteiger partial charge in [-0.2, -0.15) is 19.8 Å². The molecule has 0 bridgehead atoms. The van der Waals surface area contributed by atoms with Crippen molar-refractivity contribution < 1.29 is 26.2 Å². The number of hydrogen-bond donors (Lipinski definition) is 0. The first-order valence-corrected chi connectivity index (χ1v) is 19.8. The zero-order valence-corrected chi connectivity index (χ0v) is 35.9. The van der Waals surface area contributed by atoms with Crippen molar-refractivity contribution in [1.82, 2.24) is 0 Å². The van der Waals surface area contributed by atoms with E-state index in [1.165, 1.54) is 25.7 Å². The average molecular weight is 713 g/mol. The van der Waals surface area contributed by atoms with Crippen LogP contribution in [0.25, 0.3) is 0 Å². The van der Waals surface area contributed by atoms with Gasteiger partial charge in [0, 0.05) is 0 Å². The molecule has 46 heavy (non-hydrogen) atoms. The van der Waals surface area contributed by atoms with Crippen molar-refractivity contribution in [2.45, 2.75) is 166 Å². The predicted molar refractivity (Wildman–Crippen MR) is 199 cm³/mol. The molecule has 6 aliphatic carbocycles. The van der Waals surface area contributed by atoms with Gasteiger partial charge in [-0.3, -0.25) is 0 Å². The van der Waals surface area contributed by atoms with Crippen LogP contribution in [0.4, 0.5) is 0 Å². The maximum absolute atomic E-state index is 2.62. The van der Waals surface area contributed by atoms with Gasteiger partial charge >= 0.3 is 26.2 Å². The minimum atomic E-state index is 0. The van der Waals surface area contributed by atoms with Gasteiger partial charge in [0.1, 0.15) is 0 Å². The second-order valence-electron chi connectivity index (χ2n) is 21.4. The fraction of sp³-hybridized carbons (Fsp3) is 0.933. The third kappa shape index (κ3) is 8.01. The van der Waals surface area contributed by atoms with E-state index in [4.69, 9.17) is 0 Å². The average Bonchev–Trinajstić information content (AvgIpc) is 3.44. The molecular weight excluding hydrogens is 632 g/mol. The Balaban J connectivity index is 0.00000192. The third-order valence-corrected chi connectivity index (χ3v) is 16.4. The molecule has 6 rings (SSSR count). The Morgan fingerprint density at radius 2 is 0.913 bits per heavy atom. The van der Waals surface area contributed by atoms with Crippen LogP contribution in [0, 0.1) is 120 Å². The summed E-state index contributed by atoms with van der Waals surface area (Å²) in [5, 5.41) is 0. The maximum Gasteiger partial charge on any atom is 3.00 e. The van der Waals surface area contributed by atoms with Gasteiger partial charge in [0.05, 0.1) is 0 Å². The normalized spacial score (nSPS) is 44.1. The minimum absolute atomic E-state index is 0. The first-order valence-electron chi connectivity index (χ1n) is 19.8. The first kappa shape index (κ1) is 41.3. The van der Waals surface area contributed by atoms with Crippen LogP contribution < -0.4 is 0 Å². The molecule has 0 nitrogen and oxygen atoms in total. The van der Waals surface area contributed by atoms with E-state index >= 15 is 0 Å². The van der Waals surface area contributed by atoms with Crippen molar-refractivity contribution in [3.63, 3.8) is 0 Å². The van der Waals surface area contributed by atoms with Crippen LogP contribution >= 0.6 is 0 Å². The van der Waals surface area contributed by atoms with Gasteiger partial charge in [0.25, 0.3) is 0 Å². The van der Waals surface area contributed by atoms with Crippen molar-refractivity contribution in [3.8, 4) is 0 Å². The molecule has 6 saturated carbocycles. The molecule has 5 unspecified atom stereocenters. The van der Waals surface area contributed by atoms with E-state index in [9.17, 15) is 0 Å². The summed E-state index contributed by atoms with van der Waals surface area (Å²) in [6, 6.07) is 0. The third-order valence-electron chi connectivity index (χ3n) is 16.4. The molecular formula is C45H81Zr. The predicted octanol–water partition coefficient (Wildman–Crippen LogP) is 13.8. The molecule has 0 amide bonds. The fourth-order valence-electron chi connectivity index (χ4n) is 14.0. The largest absolute Gasteiger partial charge is 3.00 e. The number of fused-ring (bicyclic) bond motifs is 6. The monoisotopic (exact) mass is 712 g/mol. The Morgan fingerprint density at radius 1 is 0.457 bits per heavy atom. The summed E-state index contributed by atoms with van der Waals surface area (Å²) >= 11 is 0. The van der Waals surface area contributed by atoms with Gasteiger partial charge < -0.3 is 20.8 Å². The quantitative estimate of drug-likeness (QED) is 0.255. The summed E-state index contributed by atoms with van der Waals surface area (Å²) in [6.45, 7) is 28.0. The summed E-state index contributed by atoms with van der Waals surface area (Å²) in [7, 11) is 0. The van der Waals surface area contributed by atoms with E-state index in [-0.39, 0.29) is 41.1 Å². The second kappa shape index (κ2) is 15.2. The SMILES string of the molecule is C[C-](C)[C@H]1CCC2C3CC[C@H](C(C)(C)C)CC3C(CC[C@@H]3[C@H]4C[C@@H]5C[C@@H](C(C)(C)C)CC[C@@H]5[C@H]4CC[C@@H]3C(C)(C)C)C2C1.[CH3-].[CH3-].[Zr+3]. The summed E-state index contributed by atoms with van der Waals surface area (Å²) in [5.74, 6) is 15.9. The summed E-state index contributed by atoms with van der Waals surface area (Å²) in [6.07, 6.45) is 21.7. The fourth-order valence-corrected chi connectivity index (χ4v) is 14.0. The van der Waals surface area contributed by atoms with Gasteiger partial charge in [0.2, 0.25) is 0 Å². The van der Waals surface area contributed by atoms with Crippen molar-refractivity contribution in [1.29, 1.82) is 0 Å². The summed E-state index contributed by atoms with van der Waals surface area (Å²) in [5.41, 5.74) is 1.45. The van der Waals surface area contributed by atoms with E-state index in [0.29, 0.717) is 16.2 Å². The van der Waals surface area contributed by atoms with Crippen LogP contribution in [0.15, 0.2) is 0 Å². The van der Waals surface area contributed by atoms with Crippen LogP contribution in [0.5, 0.6) is 0 Å². The molecule has 0 aromatic rings. The maximum atomic E-state index is 2.62. The van der Waals surface area contributed by atoms with Crippen LogP contribution in [0.1, 0.15) is 166 Å².